The van der Waals surface area contributed by atoms with Gasteiger partial charge in [0, 0.05) is 30.1 Å². The number of allylic oxidation sites excluding steroid dienone is 2. The minimum Gasteiger partial charge on any atom is -0.507 e. The van der Waals surface area contributed by atoms with Crippen molar-refractivity contribution in [2.75, 3.05) is 6.61 Å². The summed E-state index contributed by atoms with van der Waals surface area (Å²) in [5, 5.41) is 0. The van der Waals surface area contributed by atoms with Crippen LogP contribution in [0.25, 0.3) is 16.8 Å². The summed E-state index contributed by atoms with van der Waals surface area (Å²) in [7, 11) is 0. The second-order valence-corrected chi connectivity index (χ2v) is 8.91. The maximum absolute atomic E-state index is 7.02. The number of nitrogens with zero attached hydrogens (tertiary/aromatic N) is 2. The molecule has 4 heterocycles. The van der Waals surface area contributed by atoms with Gasteiger partial charge in [-0.15, -0.1) is 0 Å². The molecule has 0 fully saturated rings. The molecule has 0 saturated carbocycles. The lowest BCUT2D eigenvalue weighted by atomic mass is 9.54. The van der Waals surface area contributed by atoms with Gasteiger partial charge in [-0.3, -0.25) is 0 Å². The first-order valence-corrected chi connectivity index (χ1v) is 11.6. The molecule has 0 saturated heterocycles. The van der Waals surface area contributed by atoms with Gasteiger partial charge in [-0.05, 0) is 35.2 Å². The fourth-order valence-electron chi connectivity index (χ4n) is 5.90. The highest BCUT2D eigenvalue weighted by Crippen LogP contribution is 2.42. The van der Waals surface area contributed by atoms with E-state index in [9.17, 15) is 0 Å². The predicted octanol–water partition coefficient (Wildman–Crippen LogP) is 4.85. The van der Waals surface area contributed by atoms with Gasteiger partial charge in [0.25, 0.3) is 0 Å². The third kappa shape index (κ3) is 2.53. The first-order valence-electron chi connectivity index (χ1n) is 11.6. The van der Waals surface area contributed by atoms with E-state index >= 15 is 0 Å². The van der Waals surface area contributed by atoms with Crippen LogP contribution in [0.4, 0.5) is 0 Å². The average Bonchev–Trinajstić information content (AvgIpc) is 3.52. The first kappa shape index (κ1) is 18.7. The van der Waals surface area contributed by atoms with Crippen molar-refractivity contribution in [2.24, 2.45) is 0 Å². The molecule has 0 amide bonds. The molecule has 0 radical (unpaired) electrons. The van der Waals surface area contributed by atoms with Crippen molar-refractivity contribution in [2.45, 2.75) is 6.42 Å². The molecule has 0 aliphatic carbocycles. The highest BCUT2D eigenvalue weighted by molar-refractivity contribution is 6.79. The number of aromatic nitrogens is 1. The van der Waals surface area contributed by atoms with Gasteiger partial charge in [-0.2, -0.15) is 0 Å². The van der Waals surface area contributed by atoms with E-state index in [1.54, 1.807) is 0 Å². The van der Waals surface area contributed by atoms with E-state index in [0.717, 1.165) is 6.42 Å². The number of rotatable bonds is 2. The summed E-state index contributed by atoms with van der Waals surface area (Å²) in [4.78, 5) is 0. The van der Waals surface area contributed by atoms with Gasteiger partial charge in [-0.25, -0.2) is 0 Å². The molecule has 0 N–H and O–H groups in total. The van der Waals surface area contributed by atoms with Crippen LogP contribution in [0.1, 0.15) is 16.8 Å². The van der Waals surface area contributed by atoms with Crippen LogP contribution in [-0.4, -0.2) is 28.4 Å². The van der Waals surface area contributed by atoms with Crippen molar-refractivity contribution in [3.8, 4) is 11.3 Å². The molecule has 3 nitrogen and oxygen atoms in total. The second kappa shape index (κ2) is 7.06. The van der Waals surface area contributed by atoms with Crippen molar-refractivity contribution < 1.29 is 9.14 Å². The summed E-state index contributed by atoms with van der Waals surface area (Å²) < 4.78 is 11.9. The normalized spacial score (nSPS) is 20.4. The Labute approximate surface area is 193 Å². The number of benzene rings is 3. The van der Waals surface area contributed by atoms with Gasteiger partial charge >= 0.3 is 6.62 Å². The molecule has 33 heavy (non-hydrogen) atoms. The highest BCUT2D eigenvalue weighted by atomic mass is 16.5. The molecule has 4 heteroatoms. The third-order valence-corrected chi connectivity index (χ3v) is 7.25. The summed E-state index contributed by atoms with van der Waals surface area (Å²) in [6, 6.07) is 34.7. The van der Waals surface area contributed by atoms with E-state index in [0.29, 0.717) is 6.61 Å². The molecule has 1 aromatic heterocycles. The van der Waals surface area contributed by atoms with Crippen molar-refractivity contribution >= 4 is 23.9 Å². The molecular weight excluding hydrogens is 403 g/mol. The van der Waals surface area contributed by atoms with Crippen LogP contribution < -0.4 is 5.46 Å². The van der Waals surface area contributed by atoms with Crippen LogP contribution in [0.15, 0.2) is 115 Å². The van der Waals surface area contributed by atoms with E-state index < -0.39 is 6.62 Å². The Morgan fingerprint density at radius 3 is 2.33 bits per heavy atom. The summed E-state index contributed by atoms with van der Waals surface area (Å²) in [6.45, 7) is -1.06. The van der Waals surface area contributed by atoms with Gasteiger partial charge in [-0.1, -0.05) is 90.4 Å². The Kier molecular flexibility index (Phi) is 3.99. The van der Waals surface area contributed by atoms with E-state index in [1.165, 1.54) is 44.8 Å². The first-order chi connectivity index (χ1) is 16.4. The maximum atomic E-state index is 7.02. The van der Waals surface area contributed by atoms with Crippen LogP contribution in [-0.2, 0) is 11.1 Å². The van der Waals surface area contributed by atoms with Crippen LogP contribution in [0.5, 0.6) is 0 Å². The lowest BCUT2D eigenvalue weighted by Crippen LogP contribution is -2.68. The lowest BCUT2D eigenvalue weighted by Gasteiger charge is -2.45. The van der Waals surface area contributed by atoms with E-state index in [1.807, 2.05) is 0 Å². The molecule has 3 aromatic carbocycles. The Bertz CT molecular complexity index is 1480. The van der Waals surface area contributed by atoms with Gasteiger partial charge in [0.15, 0.2) is 5.70 Å². The second-order valence-electron chi connectivity index (χ2n) is 8.91. The zero-order chi connectivity index (χ0) is 21.8. The largest absolute Gasteiger partial charge is 0.544 e. The Morgan fingerprint density at radius 2 is 1.48 bits per heavy atom. The number of fused-ring (bicyclic) bond motifs is 4. The SMILES string of the molecule is C1=CC2=C(c3ccccc3)c3ccc4n3[B@@-](c3ccccc3)(OCCc3ccccc3-4)[N+]2=C1. The zero-order valence-corrected chi connectivity index (χ0v) is 18.3. The Morgan fingerprint density at radius 1 is 0.758 bits per heavy atom. The monoisotopic (exact) mass is 426 g/mol. The predicted molar refractivity (Wildman–Crippen MR) is 135 cm³/mol. The van der Waals surface area contributed by atoms with Gasteiger partial charge < -0.3 is 13.6 Å². The smallest absolute Gasteiger partial charge is 0.507 e. The topological polar surface area (TPSA) is 17.2 Å². The van der Waals surface area contributed by atoms with Crippen molar-refractivity contribution in [1.29, 1.82) is 0 Å². The van der Waals surface area contributed by atoms with E-state index in [-0.39, 0.29) is 0 Å². The summed E-state index contributed by atoms with van der Waals surface area (Å²) in [6.07, 6.45) is 7.44. The zero-order valence-electron chi connectivity index (χ0n) is 18.3. The van der Waals surface area contributed by atoms with Crippen LogP contribution >= 0.6 is 0 Å². The summed E-state index contributed by atoms with van der Waals surface area (Å²) in [5.74, 6) is 0. The molecule has 1 atom stereocenters. The minimum absolute atomic E-state index is 0.654. The molecule has 3 aliphatic heterocycles. The fourth-order valence-corrected chi connectivity index (χ4v) is 5.90. The van der Waals surface area contributed by atoms with Crippen molar-refractivity contribution in [1.82, 2.24) is 4.48 Å². The fraction of sp³-hybridized carbons (Fsp3) is 0.0690. The minimum atomic E-state index is -1.71. The highest BCUT2D eigenvalue weighted by Gasteiger charge is 2.53. The average molecular weight is 426 g/mol. The molecule has 158 valence electrons. The molecule has 0 bridgehead atoms. The van der Waals surface area contributed by atoms with Crippen LogP contribution in [0, 0.1) is 0 Å². The number of hydrogen-bond donors (Lipinski definition) is 0. The summed E-state index contributed by atoms with van der Waals surface area (Å²) in [5.41, 5.74) is 9.84. The van der Waals surface area contributed by atoms with E-state index in [4.69, 9.17) is 4.65 Å². The molecular formula is C29H23BN2O. The summed E-state index contributed by atoms with van der Waals surface area (Å²) >= 11 is 0. The standard InChI is InChI=1S/C29H23BN2O/c1-3-11-23(12-4-1)29-27-16-9-20-31(27)30(24-13-5-2-6-14-24)32-26(17-18-28(29)32)25-15-8-7-10-22(25)19-21-33-30/h1-18,20H,19,21H2/t30-/m0/s1. The Balaban J connectivity index is 1.63. The van der Waals surface area contributed by atoms with Gasteiger partial charge in [0.2, 0.25) is 0 Å². The maximum Gasteiger partial charge on any atom is 0.544 e. The molecule has 4 aromatic rings. The molecule has 7 rings (SSSR count). The van der Waals surface area contributed by atoms with Crippen LogP contribution in [0.3, 0.4) is 0 Å². The van der Waals surface area contributed by atoms with Crippen LogP contribution in [0.2, 0.25) is 0 Å². The van der Waals surface area contributed by atoms with Gasteiger partial charge in [0.1, 0.15) is 6.21 Å². The molecule has 0 spiro atoms. The Hall–Kier alpha value is -3.89. The van der Waals surface area contributed by atoms with Crippen molar-refractivity contribution in [3.05, 3.63) is 132 Å². The number of hydrogen-bond acceptors (Lipinski definition) is 1. The quantitative estimate of drug-likeness (QED) is 0.419. The molecule has 3 aliphatic rings. The third-order valence-electron chi connectivity index (χ3n) is 7.25. The molecule has 0 unspecified atom stereocenters. The lowest BCUT2D eigenvalue weighted by molar-refractivity contribution is -0.348. The van der Waals surface area contributed by atoms with Gasteiger partial charge in [0.05, 0.1) is 5.57 Å². The van der Waals surface area contributed by atoms with E-state index in [2.05, 4.69) is 124 Å². The van der Waals surface area contributed by atoms with Crippen molar-refractivity contribution in [3.63, 3.8) is 0 Å².